The second-order valence-corrected chi connectivity index (χ2v) is 6.56. The molecule has 0 spiro atoms. The molecule has 0 radical (unpaired) electrons. The van der Waals surface area contributed by atoms with Gasteiger partial charge < -0.3 is 10.2 Å². The van der Waals surface area contributed by atoms with Crippen molar-refractivity contribution in [2.75, 3.05) is 31.8 Å². The molecule has 1 rings (SSSR count). The maximum absolute atomic E-state index is 4.19. The van der Waals surface area contributed by atoms with Gasteiger partial charge in [0.1, 0.15) is 0 Å². The monoisotopic (exact) mass is 274 g/mol. The quantitative estimate of drug-likeness (QED) is 0.773. The van der Waals surface area contributed by atoms with Gasteiger partial charge in [-0.05, 0) is 13.0 Å². The van der Waals surface area contributed by atoms with Crippen LogP contribution in [-0.4, -0.2) is 43.1 Å². The highest BCUT2D eigenvalue weighted by Crippen LogP contribution is 2.28. The van der Waals surface area contributed by atoms with Crippen LogP contribution in [0.5, 0.6) is 0 Å². The smallest absolute Gasteiger partial charge is 0.208 e. The summed E-state index contributed by atoms with van der Waals surface area (Å²) >= 11 is 3.44. The third kappa shape index (κ3) is 4.44. The van der Waals surface area contributed by atoms with E-state index in [4.69, 9.17) is 0 Å². The maximum Gasteiger partial charge on any atom is 0.208 e. The van der Waals surface area contributed by atoms with E-state index in [1.807, 2.05) is 26.0 Å². The maximum atomic E-state index is 4.19. The molecule has 17 heavy (non-hydrogen) atoms. The molecule has 4 nitrogen and oxygen atoms in total. The molecular formula is C11H22N4S2. The zero-order chi connectivity index (χ0) is 12.8. The fourth-order valence-electron chi connectivity index (χ4n) is 1.42. The topological polar surface area (TPSA) is 41.1 Å². The Morgan fingerprint density at radius 1 is 1.41 bits per heavy atom. The summed E-state index contributed by atoms with van der Waals surface area (Å²) in [7, 11) is 6.01. The van der Waals surface area contributed by atoms with Gasteiger partial charge in [0.2, 0.25) is 5.13 Å². The van der Waals surface area contributed by atoms with E-state index in [1.54, 1.807) is 23.1 Å². The largest absolute Gasteiger partial charge is 0.353 e. The van der Waals surface area contributed by atoms with E-state index in [0.29, 0.717) is 12.0 Å². The van der Waals surface area contributed by atoms with Crippen LogP contribution in [0.4, 0.5) is 5.13 Å². The minimum absolute atomic E-state index is 0.539. The van der Waals surface area contributed by atoms with Crippen molar-refractivity contribution in [2.45, 2.75) is 30.6 Å². The van der Waals surface area contributed by atoms with Crippen LogP contribution in [0.3, 0.4) is 0 Å². The van der Waals surface area contributed by atoms with Gasteiger partial charge in [0.25, 0.3) is 0 Å². The van der Waals surface area contributed by atoms with Crippen molar-refractivity contribution in [3.8, 4) is 0 Å². The molecule has 2 unspecified atom stereocenters. The van der Waals surface area contributed by atoms with E-state index in [-0.39, 0.29) is 0 Å². The molecule has 0 aliphatic carbocycles. The number of hydrogen-bond acceptors (Lipinski definition) is 6. The Labute approximate surface area is 112 Å². The molecule has 0 aromatic carbocycles. The predicted molar refractivity (Wildman–Crippen MR) is 77.3 cm³/mol. The van der Waals surface area contributed by atoms with Crippen molar-refractivity contribution in [2.24, 2.45) is 5.92 Å². The van der Waals surface area contributed by atoms with Gasteiger partial charge in [-0.1, -0.05) is 43.4 Å². The van der Waals surface area contributed by atoms with Crippen LogP contribution in [0.1, 0.15) is 20.3 Å². The van der Waals surface area contributed by atoms with Gasteiger partial charge in [0, 0.05) is 25.9 Å². The van der Waals surface area contributed by atoms with Crippen molar-refractivity contribution in [3.63, 3.8) is 0 Å². The summed E-state index contributed by atoms with van der Waals surface area (Å²) in [6.07, 6.45) is 1.20. The van der Waals surface area contributed by atoms with Crippen LogP contribution >= 0.6 is 23.1 Å². The molecule has 0 saturated carbocycles. The molecule has 1 aromatic heterocycles. The third-order valence-corrected chi connectivity index (χ3v) is 5.21. The number of hydrogen-bond donors (Lipinski definition) is 1. The van der Waals surface area contributed by atoms with E-state index in [2.05, 4.69) is 29.4 Å². The van der Waals surface area contributed by atoms with Gasteiger partial charge >= 0.3 is 0 Å². The Bertz CT molecular complexity index is 327. The summed E-state index contributed by atoms with van der Waals surface area (Å²) < 4.78 is 1.05. The molecule has 1 heterocycles. The van der Waals surface area contributed by atoms with Crippen LogP contribution in [0.15, 0.2) is 4.34 Å². The highest BCUT2D eigenvalue weighted by molar-refractivity contribution is 8.01. The fraction of sp³-hybridized carbons (Fsp3) is 0.818. The molecule has 0 amide bonds. The first-order valence-electron chi connectivity index (χ1n) is 5.89. The summed E-state index contributed by atoms with van der Waals surface area (Å²) in [5.41, 5.74) is 0. The van der Waals surface area contributed by atoms with E-state index in [9.17, 15) is 0 Å². The molecule has 98 valence electrons. The molecule has 0 bridgehead atoms. The van der Waals surface area contributed by atoms with Crippen LogP contribution in [0.25, 0.3) is 0 Å². The van der Waals surface area contributed by atoms with E-state index < -0.39 is 0 Å². The third-order valence-electron chi connectivity index (χ3n) is 2.87. The predicted octanol–water partition coefficient (Wildman–Crippen LogP) is 2.33. The molecule has 6 heteroatoms. The first-order valence-corrected chi connectivity index (χ1v) is 7.69. The second-order valence-electron chi connectivity index (χ2n) is 4.34. The number of rotatable bonds is 7. The van der Waals surface area contributed by atoms with Gasteiger partial charge in [0.05, 0.1) is 0 Å². The van der Waals surface area contributed by atoms with Crippen LogP contribution in [-0.2, 0) is 0 Å². The number of anilines is 1. The minimum Gasteiger partial charge on any atom is -0.353 e. The normalized spacial score (nSPS) is 14.6. The number of thioether (sulfide) groups is 1. The minimum atomic E-state index is 0.539. The second kappa shape index (κ2) is 7.18. The lowest BCUT2D eigenvalue weighted by Crippen LogP contribution is -2.34. The van der Waals surface area contributed by atoms with Crippen molar-refractivity contribution < 1.29 is 0 Å². The fourth-order valence-corrected chi connectivity index (χ4v) is 3.50. The van der Waals surface area contributed by atoms with Crippen LogP contribution in [0.2, 0.25) is 0 Å². The Morgan fingerprint density at radius 2 is 2.12 bits per heavy atom. The number of nitrogens with one attached hydrogen (secondary N) is 1. The Balaban J connectivity index is 2.48. The summed E-state index contributed by atoms with van der Waals surface area (Å²) in [5.74, 6) is 1.74. The molecule has 0 aliphatic rings. The lowest BCUT2D eigenvalue weighted by atomic mass is 10.0. The summed E-state index contributed by atoms with van der Waals surface area (Å²) in [5, 5.41) is 12.7. The molecule has 1 aromatic rings. The summed E-state index contributed by atoms with van der Waals surface area (Å²) in [6.45, 7) is 4.52. The van der Waals surface area contributed by atoms with E-state index >= 15 is 0 Å². The summed E-state index contributed by atoms with van der Waals surface area (Å²) in [6, 6.07) is 0.539. The Morgan fingerprint density at radius 3 is 2.59 bits per heavy atom. The SMILES string of the molecule is CCC(C)C(CSc1nnc(N(C)C)s1)NC. The van der Waals surface area contributed by atoms with E-state index in [1.165, 1.54) is 6.42 Å². The van der Waals surface area contributed by atoms with Gasteiger partial charge in [-0.3, -0.25) is 0 Å². The first kappa shape index (κ1) is 14.7. The molecule has 2 atom stereocenters. The van der Waals surface area contributed by atoms with Crippen molar-refractivity contribution in [1.29, 1.82) is 0 Å². The van der Waals surface area contributed by atoms with Gasteiger partial charge in [-0.15, -0.1) is 10.2 Å². The van der Waals surface area contributed by atoms with Crippen molar-refractivity contribution in [3.05, 3.63) is 0 Å². The van der Waals surface area contributed by atoms with Crippen molar-refractivity contribution in [1.82, 2.24) is 15.5 Å². The molecule has 0 fully saturated rings. The number of aromatic nitrogens is 2. The average Bonchev–Trinajstić information content (AvgIpc) is 2.78. The lowest BCUT2D eigenvalue weighted by Gasteiger charge is -2.21. The summed E-state index contributed by atoms with van der Waals surface area (Å²) in [4.78, 5) is 1.99. The molecule has 0 saturated heterocycles. The molecule has 0 aliphatic heterocycles. The van der Waals surface area contributed by atoms with Gasteiger partial charge in [0.15, 0.2) is 4.34 Å². The standard InChI is InChI=1S/C11H22N4S2/c1-6-8(2)9(12-3)7-16-11-14-13-10(17-11)15(4)5/h8-9,12H,6-7H2,1-5H3. The Kier molecular flexibility index (Phi) is 6.22. The van der Waals surface area contributed by atoms with Crippen LogP contribution < -0.4 is 10.2 Å². The lowest BCUT2D eigenvalue weighted by molar-refractivity contribution is 0.420. The highest BCUT2D eigenvalue weighted by Gasteiger charge is 2.15. The zero-order valence-electron chi connectivity index (χ0n) is 11.2. The van der Waals surface area contributed by atoms with Crippen LogP contribution in [0, 0.1) is 5.92 Å². The molecule has 1 N–H and O–H groups in total. The highest BCUT2D eigenvalue weighted by atomic mass is 32.2. The average molecular weight is 274 g/mol. The van der Waals surface area contributed by atoms with Gasteiger partial charge in [-0.2, -0.15) is 0 Å². The van der Waals surface area contributed by atoms with E-state index in [0.717, 1.165) is 15.2 Å². The molecular weight excluding hydrogens is 252 g/mol. The van der Waals surface area contributed by atoms with Crippen molar-refractivity contribution >= 4 is 28.2 Å². The number of nitrogens with zero attached hydrogens (tertiary/aromatic N) is 3. The first-order chi connectivity index (χ1) is 8.08. The zero-order valence-corrected chi connectivity index (χ0v) is 12.9. The van der Waals surface area contributed by atoms with Gasteiger partial charge in [-0.25, -0.2) is 0 Å². The Hall–Kier alpha value is -0.330.